The van der Waals surface area contributed by atoms with Crippen LogP contribution >= 0.6 is 11.3 Å². The molecule has 146 valence electrons. The molecule has 1 amide bonds. The predicted octanol–water partition coefficient (Wildman–Crippen LogP) is 4.64. The number of hydrogen-bond donors (Lipinski definition) is 2. The third-order valence-electron chi connectivity index (χ3n) is 4.68. The molecular formula is C21H20N6OS. The van der Waals surface area contributed by atoms with Gasteiger partial charge in [0.2, 0.25) is 0 Å². The average molecular weight is 404 g/mol. The summed E-state index contributed by atoms with van der Waals surface area (Å²) in [6, 6.07) is 14.8. The van der Waals surface area contributed by atoms with Crippen molar-refractivity contribution in [3.8, 4) is 5.82 Å². The number of carbonyl (C=O) groups excluding carboxylic acids is 1. The minimum Gasteiger partial charge on any atom is -0.339 e. The van der Waals surface area contributed by atoms with E-state index in [-0.39, 0.29) is 5.91 Å². The molecule has 0 aliphatic heterocycles. The molecular weight excluding hydrogens is 384 g/mol. The van der Waals surface area contributed by atoms with Crippen LogP contribution in [0.25, 0.3) is 5.82 Å². The van der Waals surface area contributed by atoms with Crippen molar-refractivity contribution in [2.45, 2.75) is 20.8 Å². The number of hydrogen-bond acceptors (Lipinski definition) is 6. The molecule has 7 nitrogen and oxygen atoms in total. The van der Waals surface area contributed by atoms with E-state index in [0.29, 0.717) is 16.5 Å². The van der Waals surface area contributed by atoms with Crippen molar-refractivity contribution in [1.82, 2.24) is 20.0 Å². The monoisotopic (exact) mass is 404 g/mol. The number of anilines is 3. The van der Waals surface area contributed by atoms with Crippen molar-refractivity contribution in [3.05, 3.63) is 75.7 Å². The number of rotatable bonds is 5. The van der Waals surface area contributed by atoms with Gasteiger partial charge in [0.05, 0.1) is 10.6 Å². The van der Waals surface area contributed by atoms with E-state index in [4.69, 9.17) is 0 Å². The Balaban J connectivity index is 1.43. The summed E-state index contributed by atoms with van der Waals surface area (Å²) >= 11 is 1.41. The van der Waals surface area contributed by atoms with Crippen molar-refractivity contribution in [1.29, 1.82) is 0 Å². The molecule has 0 atom stereocenters. The summed E-state index contributed by atoms with van der Waals surface area (Å²) in [4.78, 5) is 12.8. The van der Waals surface area contributed by atoms with Crippen LogP contribution in [0.15, 0.2) is 53.9 Å². The van der Waals surface area contributed by atoms with Gasteiger partial charge in [-0.3, -0.25) is 4.79 Å². The van der Waals surface area contributed by atoms with Gasteiger partial charge in [-0.15, -0.1) is 21.5 Å². The number of carbonyl (C=O) groups is 1. The fraction of sp³-hybridized carbons (Fsp3) is 0.143. The minimum absolute atomic E-state index is 0.110. The summed E-state index contributed by atoms with van der Waals surface area (Å²) in [5.41, 5.74) is 4.77. The molecule has 0 aliphatic carbocycles. The first-order valence-corrected chi connectivity index (χ1v) is 9.98. The average Bonchev–Trinajstić information content (AvgIpc) is 3.35. The Labute approximate surface area is 172 Å². The summed E-state index contributed by atoms with van der Waals surface area (Å²) in [6.45, 7) is 6.04. The largest absolute Gasteiger partial charge is 0.339 e. The molecule has 29 heavy (non-hydrogen) atoms. The summed E-state index contributed by atoms with van der Waals surface area (Å²) < 4.78 is 1.80. The molecule has 0 saturated carbocycles. The summed E-state index contributed by atoms with van der Waals surface area (Å²) in [5, 5.41) is 21.0. The highest BCUT2D eigenvalue weighted by Gasteiger charge is 2.11. The standard InChI is InChI=1S/C21H20N6OS/c1-13-14(2)26-27(15(13)3)20-11-10-19(24-25-20)22-16-6-8-17(9-7-16)23-21(28)18-5-4-12-29-18/h4-12H,1-3H3,(H,22,24)(H,23,28). The first-order valence-electron chi connectivity index (χ1n) is 9.10. The lowest BCUT2D eigenvalue weighted by molar-refractivity contribution is 0.103. The number of amides is 1. The van der Waals surface area contributed by atoms with Gasteiger partial charge in [0.15, 0.2) is 11.6 Å². The van der Waals surface area contributed by atoms with Crippen LogP contribution in [0.4, 0.5) is 17.2 Å². The number of benzene rings is 1. The van der Waals surface area contributed by atoms with E-state index in [1.54, 1.807) is 10.7 Å². The van der Waals surface area contributed by atoms with E-state index in [2.05, 4.69) is 25.9 Å². The molecule has 3 heterocycles. The van der Waals surface area contributed by atoms with Gasteiger partial charge in [0, 0.05) is 17.1 Å². The molecule has 0 aliphatic rings. The van der Waals surface area contributed by atoms with Crippen LogP contribution in [-0.2, 0) is 0 Å². The van der Waals surface area contributed by atoms with Crippen LogP contribution < -0.4 is 10.6 Å². The lowest BCUT2D eigenvalue weighted by Crippen LogP contribution is -2.09. The number of aromatic nitrogens is 4. The fourth-order valence-electron chi connectivity index (χ4n) is 2.83. The third-order valence-corrected chi connectivity index (χ3v) is 5.55. The molecule has 0 fully saturated rings. The summed E-state index contributed by atoms with van der Waals surface area (Å²) in [5.74, 6) is 1.19. The zero-order valence-corrected chi connectivity index (χ0v) is 17.1. The third kappa shape index (κ3) is 4.02. The van der Waals surface area contributed by atoms with E-state index < -0.39 is 0 Å². The van der Waals surface area contributed by atoms with Gasteiger partial charge >= 0.3 is 0 Å². The molecule has 4 rings (SSSR count). The van der Waals surface area contributed by atoms with Gasteiger partial charge in [-0.25, -0.2) is 4.68 Å². The summed E-state index contributed by atoms with van der Waals surface area (Å²) in [7, 11) is 0. The highest BCUT2D eigenvalue weighted by molar-refractivity contribution is 7.12. The fourth-order valence-corrected chi connectivity index (χ4v) is 3.45. The molecule has 3 aromatic heterocycles. The molecule has 0 spiro atoms. The predicted molar refractivity (Wildman–Crippen MR) is 115 cm³/mol. The van der Waals surface area contributed by atoms with E-state index in [1.165, 1.54) is 11.3 Å². The highest BCUT2D eigenvalue weighted by Crippen LogP contribution is 2.20. The maximum atomic E-state index is 12.1. The van der Waals surface area contributed by atoms with Gasteiger partial charge in [-0.2, -0.15) is 5.10 Å². The van der Waals surface area contributed by atoms with Gasteiger partial charge < -0.3 is 10.6 Å². The molecule has 0 radical (unpaired) electrons. The first-order chi connectivity index (χ1) is 14.0. The van der Waals surface area contributed by atoms with Crippen LogP contribution in [0.3, 0.4) is 0 Å². The topological polar surface area (TPSA) is 84.7 Å². The smallest absolute Gasteiger partial charge is 0.265 e. The maximum absolute atomic E-state index is 12.1. The van der Waals surface area contributed by atoms with Gasteiger partial charge in [-0.1, -0.05) is 6.07 Å². The second kappa shape index (κ2) is 7.84. The number of thiophene rings is 1. The first kappa shape index (κ1) is 18.8. The molecule has 0 unspecified atom stereocenters. The lowest BCUT2D eigenvalue weighted by atomic mass is 10.2. The SMILES string of the molecule is Cc1nn(-c2ccc(Nc3ccc(NC(=O)c4cccs4)cc3)nn2)c(C)c1C. The van der Waals surface area contributed by atoms with Crippen molar-refractivity contribution in [2.24, 2.45) is 0 Å². The molecule has 8 heteroatoms. The minimum atomic E-state index is -0.110. The van der Waals surface area contributed by atoms with Crippen molar-refractivity contribution < 1.29 is 4.79 Å². The molecule has 4 aromatic rings. The van der Waals surface area contributed by atoms with E-state index >= 15 is 0 Å². The van der Waals surface area contributed by atoms with E-state index in [9.17, 15) is 4.79 Å². The van der Waals surface area contributed by atoms with E-state index in [0.717, 1.165) is 28.3 Å². The van der Waals surface area contributed by atoms with Crippen molar-refractivity contribution >= 4 is 34.4 Å². The second-order valence-electron chi connectivity index (χ2n) is 6.62. The lowest BCUT2D eigenvalue weighted by Gasteiger charge is -2.08. The molecule has 2 N–H and O–H groups in total. The van der Waals surface area contributed by atoms with Gasteiger partial charge in [0.1, 0.15) is 0 Å². The number of nitrogens with zero attached hydrogens (tertiary/aromatic N) is 4. The Hall–Kier alpha value is -3.52. The quantitative estimate of drug-likeness (QED) is 0.506. The second-order valence-corrected chi connectivity index (χ2v) is 7.57. The Morgan fingerprint density at radius 3 is 2.31 bits per heavy atom. The zero-order valence-electron chi connectivity index (χ0n) is 16.3. The molecule has 0 bridgehead atoms. The normalized spacial score (nSPS) is 10.7. The van der Waals surface area contributed by atoms with Crippen LogP contribution in [0.2, 0.25) is 0 Å². The number of nitrogens with one attached hydrogen (secondary N) is 2. The molecule has 1 aromatic carbocycles. The van der Waals surface area contributed by atoms with Crippen LogP contribution in [0.5, 0.6) is 0 Å². The van der Waals surface area contributed by atoms with Crippen LogP contribution in [0, 0.1) is 20.8 Å². The Bertz CT molecular complexity index is 1130. The maximum Gasteiger partial charge on any atom is 0.265 e. The Morgan fingerprint density at radius 2 is 1.72 bits per heavy atom. The van der Waals surface area contributed by atoms with Crippen LogP contribution in [0.1, 0.15) is 26.6 Å². The van der Waals surface area contributed by atoms with Gasteiger partial charge in [0.25, 0.3) is 5.91 Å². The molecule has 0 saturated heterocycles. The van der Waals surface area contributed by atoms with Gasteiger partial charge in [-0.05, 0) is 74.2 Å². The number of aryl methyl sites for hydroxylation is 1. The van der Waals surface area contributed by atoms with Crippen molar-refractivity contribution in [2.75, 3.05) is 10.6 Å². The Kier molecular flexibility index (Phi) is 5.09. The zero-order chi connectivity index (χ0) is 20.4. The Morgan fingerprint density at radius 1 is 0.966 bits per heavy atom. The van der Waals surface area contributed by atoms with Crippen molar-refractivity contribution in [3.63, 3.8) is 0 Å². The summed E-state index contributed by atoms with van der Waals surface area (Å²) in [6.07, 6.45) is 0. The van der Waals surface area contributed by atoms with E-state index in [1.807, 2.05) is 68.6 Å². The highest BCUT2D eigenvalue weighted by atomic mass is 32.1. The van der Waals surface area contributed by atoms with Crippen LogP contribution in [-0.4, -0.2) is 25.9 Å².